The number of hydrogen-bond donors (Lipinski definition) is 4. The summed E-state index contributed by atoms with van der Waals surface area (Å²) in [5.74, 6) is -6.07. The van der Waals surface area contributed by atoms with Crippen LogP contribution in [0.5, 0.6) is 0 Å². The molecule has 0 aliphatic carbocycles. The van der Waals surface area contributed by atoms with Crippen LogP contribution < -0.4 is 0 Å². The number of halogens is 8. The Morgan fingerprint density at radius 2 is 0.687 bits per heavy atom. The van der Waals surface area contributed by atoms with Gasteiger partial charge >= 0.3 is 6.18 Å². The topological polar surface area (TPSA) is 364 Å². The van der Waals surface area contributed by atoms with E-state index in [-0.39, 0.29) is 156 Å². The maximum absolute atomic E-state index is 13.9. The summed E-state index contributed by atoms with van der Waals surface area (Å²) in [6.45, 7) is 49.5. The minimum Gasteiger partial charge on any atom is -0.389 e. The monoisotopic (exact) mass is 2040 g/mol. The molecule has 0 radical (unpaired) electrons. The van der Waals surface area contributed by atoms with Crippen molar-refractivity contribution in [1.29, 1.82) is 0 Å². The van der Waals surface area contributed by atoms with Crippen molar-refractivity contribution in [2.24, 2.45) is 0 Å². The zero-order chi connectivity index (χ0) is 109. The van der Waals surface area contributed by atoms with Crippen molar-refractivity contribution in [3.63, 3.8) is 0 Å². The number of rotatable bonds is 16. The maximum atomic E-state index is 13.9. The van der Waals surface area contributed by atoms with Gasteiger partial charge in [0.1, 0.15) is 74.2 Å². The second-order valence-corrected chi connectivity index (χ2v) is 44.7. The highest BCUT2D eigenvalue weighted by Gasteiger charge is 2.49. The molecule has 40 heteroatoms. The summed E-state index contributed by atoms with van der Waals surface area (Å²) in [5.41, 5.74) is -0.169. The van der Waals surface area contributed by atoms with Crippen LogP contribution in [0.15, 0.2) is 128 Å². The fourth-order valence-corrected chi connectivity index (χ4v) is 18.7. The van der Waals surface area contributed by atoms with Gasteiger partial charge < -0.3 is 59.6 Å². The van der Waals surface area contributed by atoms with Crippen molar-refractivity contribution in [3.05, 3.63) is 213 Å². The van der Waals surface area contributed by atoms with E-state index in [1.54, 1.807) is 122 Å². The minimum atomic E-state index is -4.87. The Hall–Kier alpha value is -13.6. The summed E-state index contributed by atoms with van der Waals surface area (Å²) in [5, 5.41) is 58.8. The first-order valence-corrected chi connectivity index (χ1v) is 48.7. The van der Waals surface area contributed by atoms with E-state index in [4.69, 9.17) is 0 Å². The van der Waals surface area contributed by atoms with Crippen LogP contribution in [0.25, 0.3) is 67.6 Å². The second kappa shape index (κ2) is 40.6. The quantitative estimate of drug-likeness (QED) is 0.0653. The van der Waals surface area contributed by atoms with Gasteiger partial charge in [0.25, 0.3) is 41.4 Å². The largest absolute Gasteiger partial charge is 0.419 e. The number of fused-ring (bicyclic) bond motifs is 4. The molecule has 4 fully saturated rings. The molecule has 8 aromatic heterocycles. The SMILES string of the molecule is CC(C)(O)CN1CCN(C(=O)c2cn3nc(-c4ccc(F)cc4)cc(C(C)(C)C)c3n2)C(C)(C)C1=O.CC(C)c1cc(-c2cc(F)cc(F)c2)nn2cc(C(=O)N3CCN(C(=O)C(C)(C)O)CC3(C)C)nc12.CC(C)c1cc(-c2ccc(F)c(C(F)(F)F)c2)nn2cc(C(=O)N3CCN(C(=O)C(C)(C)O)CC3(C)C)nc12.Cc1cc(-c2cc(C(C)C)c3nc(C(=O)N4CCN(C(=O)C(C)(C)O)CC4(C)C)cn3n2)ccc1F. The molecule has 0 bridgehead atoms. The molecule has 0 saturated carbocycles. The lowest BCUT2D eigenvalue weighted by atomic mass is 9.87. The zero-order valence-corrected chi connectivity index (χ0v) is 87.9. The Balaban J connectivity index is 0.000000164. The minimum absolute atomic E-state index is 0.00541. The molecule has 4 aromatic carbocycles. The van der Waals surface area contributed by atoms with Gasteiger partial charge in [-0.05, 0) is 243 Å². The molecule has 4 saturated heterocycles. The molecule has 0 unspecified atom stereocenters. The van der Waals surface area contributed by atoms with Crippen molar-refractivity contribution in [1.82, 2.24) is 97.6 Å². The lowest BCUT2D eigenvalue weighted by Gasteiger charge is -2.47. The van der Waals surface area contributed by atoms with E-state index in [2.05, 4.69) is 61.1 Å². The van der Waals surface area contributed by atoms with Crippen LogP contribution in [0.2, 0.25) is 0 Å². The van der Waals surface area contributed by atoms with Crippen molar-refractivity contribution in [3.8, 4) is 45.0 Å². The third-order valence-electron chi connectivity index (χ3n) is 26.4. The zero-order valence-electron chi connectivity index (χ0n) is 87.9. The molecular formula is C107H130F8N20O12. The van der Waals surface area contributed by atoms with Gasteiger partial charge in [0.15, 0.2) is 22.6 Å². The normalized spacial score (nSPS) is 16.3. The molecule has 8 amide bonds. The summed E-state index contributed by atoms with van der Waals surface area (Å²) in [6, 6.07) is 24.1. The number of benzene rings is 4. The predicted octanol–water partition coefficient (Wildman–Crippen LogP) is 15.6. The number of piperazine rings is 4. The third-order valence-corrected chi connectivity index (χ3v) is 26.4. The van der Waals surface area contributed by atoms with Crippen LogP contribution in [0.1, 0.15) is 266 Å². The number of aliphatic hydroxyl groups is 4. The van der Waals surface area contributed by atoms with Gasteiger partial charge in [-0.1, -0.05) is 62.3 Å². The number of carbonyl (C=O) groups is 8. The lowest BCUT2D eigenvalue weighted by Crippen LogP contribution is -2.65. The number of aromatic nitrogens is 12. The van der Waals surface area contributed by atoms with Gasteiger partial charge in [0, 0.05) is 129 Å². The van der Waals surface area contributed by atoms with Gasteiger partial charge in [-0.3, -0.25) is 38.4 Å². The van der Waals surface area contributed by atoms with Gasteiger partial charge in [0.2, 0.25) is 5.91 Å². The summed E-state index contributed by atoms with van der Waals surface area (Å²) in [7, 11) is 0. The summed E-state index contributed by atoms with van der Waals surface area (Å²) < 4.78 is 115. The summed E-state index contributed by atoms with van der Waals surface area (Å²) in [6.07, 6.45) is 1.30. The first-order chi connectivity index (χ1) is 67.8. The van der Waals surface area contributed by atoms with E-state index >= 15 is 0 Å². The Morgan fingerprint density at radius 3 is 1.02 bits per heavy atom. The number of imidazole rings is 4. The van der Waals surface area contributed by atoms with E-state index in [0.717, 1.165) is 39.9 Å². The molecule has 0 spiro atoms. The molecule has 4 N–H and O–H groups in total. The van der Waals surface area contributed by atoms with Gasteiger partial charge in [-0.25, -0.2) is 59.9 Å². The van der Waals surface area contributed by atoms with E-state index in [9.17, 15) is 93.9 Å². The highest BCUT2D eigenvalue weighted by molar-refractivity contribution is 6.00. The first-order valence-electron chi connectivity index (χ1n) is 48.7. The molecule has 4 aliphatic heterocycles. The fraction of sp³-hybridized carbons (Fsp3) is 0.477. The van der Waals surface area contributed by atoms with Crippen molar-refractivity contribution < 1.29 is 93.9 Å². The van der Waals surface area contributed by atoms with E-state index in [1.165, 1.54) is 109 Å². The third kappa shape index (κ3) is 24.0. The maximum Gasteiger partial charge on any atom is 0.419 e. The Morgan fingerprint density at radius 1 is 0.367 bits per heavy atom. The Bertz CT molecular complexity index is 7090. The number of carbonyl (C=O) groups excluding carboxylic acids is 8. The molecule has 12 aromatic rings. The van der Waals surface area contributed by atoms with Crippen LogP contribution >= 0.6 is 0 Å². The molecule has 786 valence electrons. The molecular weight excluding hydrogens is 1910 g/mol. The second-order valence-electron chi connectivity index (χ2n) is 44.7. The highest BCUT2D eigenvalue weighted by atomic mass is 19.4. The van der Waals surface area contributed by atoms with Crippen LogP contribution in [0, 0.1) is 36.0 Å². The number of alkyl halides is 3. The lowest BCUT2D eigenvalue weighted by molar-refractivity contribution is -0.152. The van der Waals surface area contributed by atoms with Gasteiger partial charge in [-0.15, -0.1) is 0 Å². The predicted molar refractivity (Wildman–Crippen MR) is 536 cm³/mol. The number of aryl methyl sites for hydroxylation is 1. The number of β-amino-alcohol motifs (C(OH)–C–C–N with tert-alkyl or cyclic N) is 1. The average Bonchev–Trinajstić information content (AvgIpc) is 1.76. The van der Waals surface area contributed by atoms with Crippen LogP contribution in [0.3, 0.4) is 0 Å². The summed E-state index contributed by atoms with van der Waals surface area (Å²) >= 11 is 0. The molecule has 16 rings (SSSR count). The van der Waals surface area contributed by atoms with Crippen LogP contribution in [-0.4, -0.2) is 288 Å². The van der Waals surface area contributed by atoms with Crippen molar-refractivity contribution in [2.45, 2.75) is 254 Å². The summed E-state index contributed by atoms with van der Waals surface area (Å²) in [4.78, 5) is 137. The van der Waals surface area contributed by atoms with E-state index in [1.807, 2.05) is 95.2 Å². The van der Waals surface area contributed by atoms with Crippen molar-refractivity contribution in [2.75, 3.05) is 78.5 Å². The Kier molecular flexibility index (Phi) is 30.5. The van der Waals surface area contributed by atoms with Crippen molar-refractivity contribution >= 4 is 69.8 Å². The molecule has 32 nitrogen and oxygen atoms in total. The van der Waals surface area contributed by atoms with E-state index < -0.39 is 85.6 Å². The number of amides is 8. The van der Waals surface area contributed by atoms with Crippen LogP contribution in [-0.2, 0) is 30.8 Å². The molecule has 12 heterocycles. The molecule has 4 aliphatic rings. The smallest absolute Gasteiger partial charge is 0.389 e. The van der Waals surface area contributed by atoms with Gasteiger partial charge in [0.05, 0.1) is 75.3 Å². The number of hydrogen-bond acceptors (Lipinski definition) is 20. The van der Waals surface area contributed by atoms with Gasteiger partial charge in [-0.2, -0.15) is 33.6 Å². The average molecular weight is 2040 g/mol. The molecule has 0 atom stereocenters. The van der Waals surface area contributed by atoms with Crippen LogP contribution in [0.4, 0.5) is 35.1 Å². The van der Waals surface area contributed by atoms with E-state index in [0.29, 0.717) is 89.6 Å². The highest BCUT2D eigenvalue weighted by Crippen LogP contribution is 2.40. The molecule has 147 heavy (non-hydrogen) atoms. The fourth-order valence-electron chi connectivity index (χ4n) is 18.7. The first kappa shape index (κ1) is 111. The number of nitrogens with zero attached hydrogens (tertiary/aromatic N) is 20. The Labute approximate surface area is 847 Å². The standard InChI is InChI=1S/C27H31F4N5O3.2C27H34FN5O3.C26H31F2N5O3/c1-15(2)17-12-20(16-7-8-19(28)18(11-16)27(29,30)31)33-36-13-21(32-22(17)36)23(37)35-10-9-34(14-25(35,3)4)24(38)26(5,6)39;1-25(2,3)19-14-20(17-8-10-18(28)11-9-17)30-33-15-21(29-22(19)33)23(34)32-13-12-31(16-26(4,5)36)24(35)27(32,6)7;1-16(2)19-13-21(18-8-9-20(28)17(3)12-18)30-33-14-22(29-23(19)33)24(34)32-11-10-31(15-26(32,4)5)25(35)27(6,7)36;1-15(2)19-12-20(16-9-17(27)11-18(28)10-16)30-33-13-21(29-22(19)33)23(34)32-8-7-31(14-25(32,3)4)24(35)26(5,6)36/h7-8,11-13,15,39H,9-10,14H2,1-6H3;8-11,14-15,36H,12-13,16H2,1-7H3;8-9,12-14,16,36H,10-11,15H2,1-7H3;9-13,15,36H,7-8,14H2,1-6H3.